The number of phenolic OH excluding ortho intramolecular Hbond substituents is 1. The van der Waals surface area contributed by atoms with Crippen molar-refractivity contribution in [3.05, 3.63) is 29.8 Å². The van der Waals surface area contributed by atoms with Crippen molar-refractivity contribution in [2.24, 2.45) is 0 Å². The minimum atomic E-state index is -3.02. The second-order valence-electron chi connectivity index (χ2n) is 3.13. The molecule has 1 unspecified atom stereocenters. The lowest BCUT2D eigenvalue weighted by molar-refractivity contribution is -0.132. The van der Waals surface area contributed by atoms with Crippen LogP contribution in [0, 0.1) is 0 Å². The van der Waals surface area contributed by atoms with Crippen molar-refractivity contribution in [2.45, 2.75) is 19.4 Å². The molecule has 0 aliphatic heterocycles. The highest BCUT2D eigenvalue weighted by atomic mass is 19.3. The van der Waals surface area contributed by atoms with Crippen LogP contribution in [0.4, 0.5) is 8.78 Å². The van der Waals surface area contributed by atoms with Crippen LogP contribution in [-0.4, -0.2) is 17.4 Å². The van der Waals surface area contributed by atoms with Crippen molar-refractivity contribution in [2.75, 3.05) is 0 Å². The summed E-state index contributed by atoms with van der Waals surface area (Å²) in [5.74, 6) is -1.28. The summed E-state index contributed by atoms with van der Waals surface area (Å²) in [5.41, 5.74) is 0.573. The molecule has 0 radical (unpaired) electrons. The average molecular weight is 215 g/mol. The molecule has 0 saturated heterocycles. The zero-order chi connectivity index (χ0) is 11.4. The van der Waals surface area contributed by atoms with E-state index >= 15 is 0 Å². The lowest BCUT2D eigenvalue weighted by atomic mass is 10.1. The van der Waals surface area contributed by atoms with Gasteiger partial charge in [0.1, 0.15) is 5.75 Å². The number of alkyl halides is 2. The first-order valence-corrected chi connectivity index (χ1v) is 4.38. The van der Waals surface area contributed by atoms with Crippen molar-refractivity contribution in [3.63, 3.8) is 0 Å². The van der Waals surface area contributed by atoms with Crippen LogP contribution in [0.25, 0.3) is 0 Å². The molecular formula is C10H11F2NO2. The zero-order valence-corrected chi connectivity index (χ0v) is 8.08. The first-order valence-electron chi connectivity index (χ1n) is 4.38. The molecule has 0 spiro atoms. The third-order valence-corrected chi connectivity index (χ3v) is 1.93. The Kier molecular flexibility index (Phi) is 3.60. The second kappa shape index (κ2) is 4.72. The second-order valence-corrected chi connectivity index (χ2v) is 3.13. The van der Waals surface area contributed by atoms with Gasteiger partial charge in [0.25, 0.3) is 5.91 Å². The van der Waals surface area contributed by atoms with Gasteiger partial charge in [-0.25, -0.2) is 0 Å². The third-order valence-electron chi connectivity index (χ3n) is 1.93. The SMILES string of the molecule is CC(NC(=O)C(F)F)c1cccc(O)c1. The number of nitrogens with one attached hydrogen (secondary N) is 1. The lowest BCUT2D eigenvalue weighted by Crippen LogP contribution is -2.31. The molecule has 82 valence electrons. The number of hydrogen-bond acceptors (Lipinski definition) is 2. The number of phenols is 1. The van der Waals surface area contributed by atoms with Gasteiger partial charge in [-0.1, -0.05) is 12.1 Å². The maximum atomic E-state index is 11.9. The molecule has 0 aliphatic carbocycles. The van der Waals surface area contributed by atoms with Crippen LogP contribution >= 0.6 is 0 Å². The normalized spacial score (nSPS) is 12.5. The molecule has 1 aromatic carbocycles. The molecule has 0 aliphatic rings. The summed E-state index contributed by atoms with van der Waals surface area (Å²) in [6.07, 6.45) is -3.02. The maximum absolute atomic E-state index is 11.9. The minimum Gasteiger partial charge on any atom is -0.508 e. The summed E-state index contributed by atoms with van der Waals surface area (Å²) in [4.78, 5) is 10.7. The maximum Gasteiger partial charge on any atom is 0.315 e. The van der Waals surface area contributed by atoms with Gasteiger partial charge in [-0.15, -0.1) is 0 Å². The van der Waals surface area contributed by atoms with Gasteiger partial charge in [0.2, 0.25) is 0 Å². The van der Waals surface area contributed by atoms with E-state index in [9.17, 15) is 13.6 Å². The number of benzene rings is 1. The fraction of sp³-hybridized carbons (Fsp3) is 0.300. The molecule has 0 fully saturated rings. The Bertz CT molecular complexity index is 355. The van der Waals surface area contributed by atoms with E-state index in [1.54, 1.807) is 19.1 Å². The van der Waals surface area contributed by atoms with Gasteiger partial charge in [-0.3, -0.25) is 4.79 Å². The minimum absolute atomic E-state index is 0.0330. The Morgan fingerprint density at radius 3 is 2.67 bits per heavy atom. The summed E-state index contributed by atoms with van der Waals surface area (Å²) in [7, 11) is 0. The van der Waals surface area contributed by atoms with Crippen LogP contribution in [-0.2, 0) is 4.79 Å². The molecule has 0 bridgehead atoms. The highest BCUT2D eigenvalue weighted by Crippen LogP contribution is 2.17. The van der Waals surface area contributed by atoms with Gasteiger partial charge in [0.05, 0.1) is 6.04 Å². The Labute approximate surface area is 85.7 Å². The first kappa shape index (κ1) is 11.4. The zero-order valence-electron chi connectivity index (χ0n) is 8.08. The Balaban J connectivity index is 2.69. The predicted octanol–water partition coefficient (Wildman–Crippen LogP) is 1.83. The van der Waals surface area contributed by atoms with Crippen molar-refractivity contribution >= 4 is 5.91 Å². The number of hydrogen-bond donors (Lipinski definition) is 2. The number of amides is 1. The Hall–Kier alpha value is -1.65. The monoisotopic (exact) mass is 215 g/mol. The number of aromatic hydroxyl groups is 1. The standard InChI is InChI=1S/C10H11F2NO2/c1-6(13-10(15)9(11)12)7-3-2-4-8(14)5-7/h2-6,9,14H,1H3,(H,13,15). The van der Waals surface area contributed by atoms with Gasteiger partial charge >= 0.3 is 6.43 Å². The summed E-state index contributed by atoms with van der Waals surface area (Å²) in [5, 5.41) is 11.3. The van der Waals surface area contributed by atoms with E-state index in [1.165, 1.54) is 12.1 Å². The van der Waals surface area contributed by atoms with Crippen molar-refractivity contribution in [1.82, 2.24) is 5.32 Å². The summed E-state index contributed by atoms with van der Waals surface area (Å²) in [6, 6.07) is 5.53. The molecule has 2 N–H and O–H groups in total. The van der Waals surface area contributed by atoms with Crippen LogP contribution in [0.3, 0.4) is 0 Å². The number of halogens is 2. The molecule has 3 nitrogen and oxygen atoms in total. The molecule has 1 atom stereocenters. The first-order chi connectivity index (χ1) is 7.00. The van der Waals surface area contributed by atoms with Gasteiger partial charge < -0.3 is 10.4 Å². The molecule has 1 rings (SSSR count). The van der Waals surface area contributed by atoms with Crippen LogP contribution in [0.15, 0.2) is 24.3 Å². The summed E-state index contributed by atoms with van der Waals surface area (Å²) in [6.45, 7) is 1.56. The molecule has 1 aromatic rings. The molecule has 1 amide bonds. The van der Waals surface area contributed by atoms with Crippen LogP contribution in [0.2, 0.25) is 0 Å². The van der Waals surface area contributed by atoms with E-state index in [0.717, 1.165) is 0 Å². The lowest BCUT2D eigenvalue weighted by Gasteiger charge is -2.13. The topological polar surface area (TPSA) is 49.3 Å². The van der Waals surface area contributed by atoms with Crippen molar-refractivity contribution in [1.29, 1.82) is 0 Å². The smallest absolute Gasteiger partial charge is 0.315 e. The molecule has 5 heteroatoms. The molecular weight excluding hydrogens is 204 g/mol. The Morgan fingerprint density at radius 1 is 1.47 bits per heavy atom. The molecule has 0 heterocycles. The highest BCUT2D eigenvalue weighted by molar-refractivity contribution is 5.79. The van der Waals surface area contributed by atoms with Crippen molar-refractivity contribution in [3.8, 4) is 5.75 Å². The van der Waals surface area contributed by atoms with Gasteiger partial charge in [0, 0.05) is 0 Å². The molecule has 15 heavy (non-hydrogen) atoms. The fourth-order valence-corrected chi connectivity index (χ4v) is 1.15. The van der Waals surface area contributed by atoms with E-state index in [4.69, 9.17) is 5.11 Å². The van der Waals surface area contributed by atoms with Gasteiger partial charge in [-0.05, 0) is 24.6 Å². The summed E-state index contributed by atoms with van der Waals surface area (Å²) < 4.78 is 23.8. The van der Waals surface area contributed by atoms with Gasteiger partial charge in [-0.2, -0.15) is 8.78 Å². The van der Waals surface area contributed by atoms with E-state index in [-0.39, 0.29) is 5.75 Å². The van der Waals surface area contributed by atoms with E-state index in [1.807, 2.05) is 0 Å². The number of carbonyl (C=O) groups excluding carboxylic acids is 1. The summed E-state index contributed by atoms with van der Waals surface area (Å²) >= 11 is 0. The fourth-order valence-electron chi connectivity index (χ4n) is 1.15. The van der Waals surface area contributed by atoms with Crippen LogP contribution in [0.5, 0.6) is 5.75 Å². The quantitative estimate of drug-likeness (QED) is 0.808. The average Bonchev–Trinajstić information content (AvgIpc) is 2.17. The van der Waals surface area contributed by atoms with E-state index in [0.29, 0.717) is 5.56 Å². The largest absolute Gasteiger partial charge is 0.508 e. The van der Waals surface area contributed by atoms with E-state index < -0.39 is 18.4 Å². The van der Waals surface area contributed by atoms with Crippen LogP contribution < -0.4 is 5.32 Å². The highest BCUT2D eigenvalue weighted by Gasteiger charge is 2.18. The number of rotatable bonds is 3. The Morgan fingerprint density at radius 2 is 2.13 bits per heavy atom. The molecule has 0 saturated carbocycles. The van der Waals surface area contributed by atoms with Gasteiger partial charge in [0.15, 0.2) is 0 Å². The number of carbonyl (C=O) groups is 1. The molecule has 0 aromatic heterocycles. The third kappa shape index (κ3) is 3.19. The predicted molar refractivity (Wildman–Crippen MR) is 50.7 cm³/mol. The van der Waals surface area contributed by atoms with Crippen molar-refractivity contribution < 1.29 is 18.7 Å². The van der Waals surface area contributed by atoms with Crippen LogP contribution in [0.1, 0.15) is 18.5 Å². The van der Waals surface area contributed by atoms with E-state index in [2.05, 4.69) is 5.32 Å².